The highest BCUT2D eigenvalue weighted by Gasteiger charge is 2.22. The van der Waals surface area contributed by atoms with Gasteiger partial charge in [0.25, 0.3) is 0 Å². The van der Waals surface area contributed by atoms with Gasteiger partial charge < -0.3 is 14.6 Å². The monoisotopic (exact) mass is 390 g/mol. The molecule has 4 rings (SSSR count). The normalized spacial score (nSPS) is 11.3. The van der Waals surface area contributed by atoms with E-state index >= 15 is 0 Å². The number of benzene rings is 3. The summed E-state index contributed by atoms with van der Waals surface area (Å²) in [6.07, 6.45) is 0. The Morgan fingerprint density at radius 3 is 2.66 bits per heavy atom. The summed E-state index contributed by atoms with van der Waals surface area (Å²) in [4.78, 5) is 12.6. The summed E-state index contributed by atoms with van der Waals surface area (Å²) in [5.74, 6) is -0.556. The lowest BCUT2D eigenvalue weighted by Gasteiger charge is -2.08. The van der Waals surface area contributed by atoms with Gasteiger partial charge in [-0.1, -0.05) is 36.4 Å². The highest BCUT2D eigenvalue weighted by Crippen LogP contribution is 2.34. The first-order valence-electron chi connectivity index (χ1n) is 9.66. The molecule has 0 bridgehead atoms. The molecule has 0 radical (unpaired) electrons. The molecule has 0 saturated carbocycles. The molecule has 5 heteroatoms. The number of nitrogens with one attached hydrogen (secondary N) is 1. The van der Waals surface area contributed by atoms with E-state index in [2.05, 4.69) is 11.4 Å². The van der Waals surface area contributed by atoms with Crippen LogP contribution in [0.4, 0.5) is 4.39 Å². The lowest BCUT2D eigenvalue weighted by atomic mass is 9.97. The molecule has 0 fully saturated rings. The molecule has 0 aliphatic rings. The van der Waals surface area contributed by atoms with E-state index in [-0.39, 0.29) is 11.8 Å². The van der Waals surface area contributed by atoms with Crippen LogP contribution < -0.4 is 5.32 Å². The maximum Gasteiger partial charge on any atom is 0.340 e. The Morgan fingerprint density at radius 1 is 1.10 bits per heavy atom. The number of hydrogen-bond donors (Lipinski definition) is 1. The summed E-state index contributed by atoms with van der Waals surface area (Å²) in [5.41, 5.74) is 4.48. The van der Waals surface area contributed by atoms with Crippen LogP contribution in [0.5, 0.6) is 0 Å². The first kappa shape index (κ1) is 19.2. The van der Waals surface area contributed by atoms with Crippen molar-refractivity contribution < 1.29 is 13.9 Å². The third-order valence-corrected chi connectivity index (χ3v) is 5.30. The zero-order chi connectivity index (χ0) is 20.5. The summed E-state index contributed by atoms with van der Waals surface area (Å²) in [6, 6.07) is 16.8. The van der Waals surface area contributed by atoms with Gasteiger partial charge >= 0.3 is 5.97 Å². The lowest BCUT2D eigenvalue weighted by Crippen LogP contribution is -2.14. The van der Waals surface area contributed by atoms with Gasteiger partial charge in [-0.3, -0.25) is 0 Å². The first-order valence-corrected chi connectivity index (χ1v) is 9.66. The molecule has 0 aliphatic heterocycles. The minimum absolute atomic E-state index is 0.247. The number of nitrogens with zero attached hydrogens (tertiary/aromatic N) is 1. The zero-order valence-electron chi connectivity index (χ0n) is 16.8. The van der Waals surface area contributed by atoms with Crippen LogP contribution >= 0.6 is 0 Å². The maximum absolute atomic E-state index is 13.6. The fourth-order valence-corrected chi connectivity index (χ4v) is 3.97. The van der Waals surface area contributed by atoms with Crippen LogP contribution in [0.2, 0.25) is 0 Å². The fraction of sp³-hybridized carbons (Fsp3) is 0.208. The number of fused-ring (bicyclic) bond motifs is 2. The Morgan fingerprint density at radius 2 is 1.90 bits per heavy atom. The van der Waals surface area contributed by atoms with Gasteiger partial charge in [-0.25, -0.2) is 9.18 Å². The molecule has 0 unspecified atom stereocenters. The molecular formula is C24H23FN2O2. The van der Waals surface area contributed by atoms with Gasteiger partial charge in [-0.05, 0) is 54.1 Å². The van der Waals surface area contributed by atoms with Crippen molar-refractivity contribution in [3.05, 3.63) is 71.7 Å². The summed E-state index contributed by atoms with van der Waals surface area (Å²) < 4.78 is 21.0. The number of ether oxygens (including phenoxy) is 1. The van der Waals surface area contributed by atoms with Crippen molar-refractivity contribution >= 4 is 27.6 Å². The van der Waals surface area contributed by atoms with Gasteiger partial charge in [-0.15, -0.1) is 0 Å². The SMILES string of the molecule is CCOC(=O)c1c(CNC)n(C)c2cc(-c3cccc4cc(F)ccc34)ccc12. The average Bonchev–Trinajstić information content (AvgIpc) is 2.99. The Kier molecular flexibility index (Phi) is 5.07. The highest BCUT2D eigenvalue weighted by atomic mass is 19.1. The van der Waals surface area contributed by atoms with E-state index in [0.29, 0.717) is 18.7 Å². The summed E-state index contributed by atoms with van der Waals surface area (Å²) in [7, 11) is 3.81. The third-order valence-electron chi connectivity index (χ3n) is 5.30. The van der Waals surface area contributed by atoms with Crippen molar-refractivity contribution in [2.45, 2.75) is 13.5 Å². The number of carbonyl (C=O) groups excluding carboxylic acids is 1. The summed E-state index contributed by atoms with van der Waals surface area (Å²) in [5, 5.41) is 5.85. The minimum Gasteiger partial charge on any atom is -0.462 e. The number of aromatic nitrogens is 1. The average molecular weight is 390 g/mol. The molecule has 0 saturated heterocycles. The topological polar surface area (TPSA) is 43.3 Å². The summed E-state index contributed by atoms with van der Waals surface area (Å²) >= 11 is 0. The molecule has 29 heavy (non-hydrogen) atoms. The second kappa shape index (κ2) is 7.68. The van der Waals surface area contributed by atoms with E-state index in [1.807, 2.05) is 62.0 Å². The van der Waals surface area contributed by atoms with Crippen LogP contribution in [-0.2, 0) is 18.3 Å². The molecule has 3 aromatic carbocycles. The smallest absolute Gasteiger partial charge is 0.340 e. The van der Waals surface area contributed by atoms with Gasteiger partial charge in [0.15, 0.2) is 0 Å². The van der Waals surface area contributed by atoms with Crippen molar-refractivity contribution in [2.24, 2.45) is 7.05 Å². The molecule has 148 valence electrons. The Hall–Kier alpha value is -3.18. The van der Waals surface area contributed by atoms with Gasteiger partial charge in [-0.2, -0.15) is 0 Å². The van der Waals surface area contributed by atoms with Crippen LogP contribution in [0.3, 0.4) is 0 Å². The van der Waals surface area contributed by atoms with E-state index in [0.717, 1.165) is 38.5 Å². The number of carbonyl (C=O) groups is 1. The number of aryl methyl sites for hydroxylation is 1. The highest BCUT2D eigenvalue weighted by molar-refractivity contribution is 6.07. The van der Waals surface area contributed by atoms with Gasteiger partial charge in [0, 0.05) is 30.2 Å². The molecule has 4 nitrogen and oxygen atoms in total. The summed E-state index contributed by atoms with van der Waals surface area (Å²) in [6.45, 7) is 2.70. The quantitative estimate of drug-likeness (QED) is 0.486. The molecule has 0 atom stereocenters. The minimum atomic E-state index is -0.309. The fourth-order valence-electron chi connectivity index (χ4n) is 3.97. The van der Waals surface area contributed by atoms with Crippen LogP contribution in [0, 0.1) is 5.82 Å². The third kappa shape index (κ3) is 3.28. The molecular weight excluding hydrogens is 367 g/mol. The molecule has 1 aromatic heterocycles. The second-order valence-corrected chi connectivity index (χ2v) is 7.03. The largest absolute Gasteiger partial charge is 0.462 e. The van der Waals surface area contributed by atoms with Crippen molar-refractivity contribution in [3.8, 4) is 11.1 Å². The second-order valence-electron chi connectivity index (χ2n) is 7.03. The van der Waals surface area contributed by atoms with E-state index in [4.69, 9.17) is 4.74 Å². The van der Waals surface area contributed by atoms with Gasteiger partial charge in [0.2, 0.25) is 0 Å². The van der Waals surface area contributed by atoms with E-state index < -0.39 is 0 Å². The van der Waals surface area contributed by atoms with Crippen molar-refractivity contribution in [1.82, 2.24) is 9.88 Å². The predicted octanol–water partition coefficient (Wildman–Crippen LogP) is 5.03. The molecule has 1 N–H and O–H groups in total. The van der Waals surface area contributed by atoms with E-state index in [1.165, 1.54) is 6.07 Å². The Balaban J connectivity index is 1.94. The van der Waals surface area contributed by atoms with Crippen LogP contribution in [0.1, 0.15) is 23.0 Å². The van der Waals surface area contributed by atoms with Gasteiger partial charge in [0.05, 0.1) is 12.2 Å². The lowest BCUT2D eigenvalue weighted by molar-refractivity contribution is 0.0527. The van der Waals surface area contributed by atoms with E-state index in [1.54, 1.807) is 6.07 Å². The molecule has 0 spiro atoms. The van der Waals surface area contributed by atoms with Gasteiger partial charge in [0.1, 0.15) is 5.82 Å². The number of halogens is 1. The molecule has 4 aromatic rings. The van der Waals surface area contributed by atoms with Crippen LogP contribution in [0.25, 0.3) is 32.8 Å². The molecule has 0 amide bonds. The van der Waals surface area contributed by atoms with Crippen molar-refractivity contribution in [1.29, 1.82) is 0 Å². The van der Waals surface area contributed by atoms with Crippen LogP contribution in [-0.4, -0.2) is 24.2 Å². The van der Waals surface area contributed by atoms with Crippen LogP contribution in [0.15, 0.2) is 54.6 Å². The number of esters is 1. The Bertz CT molecular complexity index is 1230. The van der Waals surface area contributed by atoms with Crippen molar-refractivity contribution in [3.63, 3.8) is 0 Å². The maximum atomic E-state index is 13.6. The first-order chi connectivity index (χ1) is 14.0. The molecule has 0 aliphatic carbocycles. The standard InChI is InChI=1S/C24H23FN2O2/c1-4-29-24(28)23-20-10-8-16(13-21(20)27(3)22(23)14-26-2)18-7-5-6-15-12-17(25)9-11-19(15)18/h5-13,26H,4,14H2,1-3H3. The number of rotatable bonds is 5. The molecule has 1 heterocycles. The van der Waals surface area contributed by atoms with E-state index in [9.17, 15) is 9.18 Å². The zero-order valence-corrected chi connectivity index (χ0v) is 16.8. The van der Waals surface area contributed by atoms with Crippen molar-refractivity contribution in [2.75, 3.05) is 13.7 Å². The number of hydrogen-bond acceptors (Lipinski definition) is 3. The predicted molar refractivity (Wildman–Crippen MR) is 115 cm³/mol. The Labute approximate surface area is 168 Å².